The van der Waals surface area contributed by atoms with E-state index in [1.54, 1.807) is 7.05 Å². The number of halogens is 1. The minimum absolute atomic E-state index is 0.205. The fourth-order valence-corrected chi connectivity index (χ4v) is 1.33. The molecular weight excluding hydrogens is 239 g/mol. The van der Waals surface area contributed by atoms with Crippen LogP contribution < -0.4 is 10.6 Å². The Morgan fingerprint density at radius 3 is 2.72 bits per heavy atom. The highest BCUT2D eigenvalue weighted by Crippen LogP contribution is 2.15. The van der Waals surface area contributed by atoms with Crippen molar-refractivity contribution in [2.24, 2.45) is 0 Å². The van der Waals surface area contributed by atoms with Gasteiger partial charge in [0.2, 0.25) is 5.91 Å². The fraction of sp³-hybridized carbons (Fsp3) is 0.333. The number of benzene rings is 1. The quantitative estimate of drug-likeness (QED) is 0.774. The first-order valence-electron chi connectivity index (χ1n) is 5.40. The van der Waals surface area contributed by atoms with Crippen LogP contribution in [-0.2, 0) is 9.53 Å². The van der Waals surface area contributed by atoms with Gasteiger partial charge in [0.15, 0.2) is 0 Å². The van der Waals surface area contributed by atoms with E-state index < -0.39 is 11.8 Å². The molecule has 1 aromatic rings. The number of rotatable bonds is 5. The number of methoxy groups -OCH3 is 1. The Morgan fingerprint density at radius 1 is 1.39 bits per heavy atom. The average molecular weight is 254 g/mol. The largest absolute Gasteiger partial charge is 0.465 e. The first-order chi connectivity index (χ1) is 8.58. The molecule has 0 aromatic heterocycles. The zero-order valence-electron chi connectivity index (χ0n) is 10.2. The van der Waals surface area contributed by atoms with Gasteiger partial charge in [0.25, 0.3) is 0 Å². The van der Waals surface area contributed by atoms with Crippen LogP contribution in [0.2, 0.25) is 0 Å². The van der Waals surface area contributed by atoms with Crippen LogP contribution in [0.4, 0.5) is 10.1 Å². The van der Waals surface area contributed by atoms with E-state index in [0.717, 1.165) is 6.07 Å². The molecule has 0 saturated heterocycles. The number of hydrogen-bond acceptors (Lipinski definition) is 4. The summed E-state index contributed by atoms with van der Waals surface area (Å²) in [4.78, 5) is 22.7. The van der Waals surface area contributed by atoms with Crippen molar-refractivity contribution in [2.45, 2.75) is 6.42 Å². The number of carbonyl (C=O) groups is 2. The first kappa shape index (κ1) is 14.1. The maximum Gasteiger partial charge on any atom is 0.340 e. The van der Waals surface area contributed by atoms with Crippen molar-refractivity contribution in [3.05, 3.63) is 29.6 Å². The predicted octanol–water partition coefficient (Wildman–Crippen LogP) is 1.16. The van der Waals surface area contributed by atoms with Crippen molar-refractivity contribution < 1.29 is 18.7 Å². The molecule has 1 rings (SSSR count). The second-order valence-electron chi connectivity index (χ2n) is 3.59. The van der Waals surface area contributed by atoms with Crippen LogP contribution >= 0.6 is 0 Å². The lowest BCUT2D eigenvalue weighted by atomic mass is 10.2. The highest BCUT2D eigenvalue weighted by molar-refractivity contribution is 5.94. The molecule has 98 valence electrons. The van der Waals surface area contributed by atoms with Crippen LogP contribution in [0.3, 0.4) is 0 Å². The minimum Gasteiger partial charge on any atom is -0.465 e. The molecule has 1 amide bonds. The van der Waals surface area contributed by atoms with E-state index in [1.807, 2.05) is 0 Å². The third kappa shape index (κ3) is 3.81. The van der Waals surface area contributed by atoms with Crippen molar-refractivity contribution >= 4 is 17.6 Å². The topological polar surface area (TPSA) is 67.4 Å². The van der Waals surface area contributed by atoms with Crippen LogP contribution in [-0.4, -0.2) is 32.6 Å². The molecule has 0 aliphatic carbocycles. The summed E-state index contributed by atoms with van der Waals surface area (Å²) in [6.45, 7) is 0.539. The molecule has 0 unspecified atom stereocenters. The molecule has 0 aliphatic rings. The lowest BCUT2D eigenvalue weighted by Gasteiger charge is -2.07. The van der Waals surface area contributed by atoms with Crippen molar-refractivity contribution in [3.8, 4) is 0 Å². The molecule has 6 heteroatoms. The summed E-state index contributed by atoms with van der Waals surface area (Å²) in [5, 5.41) is 5.41. The van der Waals surface area contributed by atoms with Gasteiger partial charge in [-0.15, -0.1) is 0 Å². The summed E-state index contributed by atoms with van der Waals surface area (Å²) in [6, 6.07) is 3.75. The van der Waals surface area contributed by atoms with Gasteiger partial charge in [-0.1, -0.05) is 0 Å². The van der Waals surface area contributed by atoms with Crippen LogP contribution in [0.5, 0.6) is 0 Å². The van der Waals surface area contributed by atoms with Crippen molar-refractivity contribution in [1.82, 2.24) is 5.32 Å². The number of ether oxygens (including phenoxy) is 1. The van der Waals surface area contributed by atoms with Gasteiger partial charge in [0.1, 0.15) is 5.82 Å². The van der Waals surface area contributed by atoms with Crippen molar-refractivity contribution in [2.75, 3.05) is 26.0 Å². The highest BCUT2D eigenvalue weighted by atomic mass is 19.1. The average Bonchev–Trinajstić information content (AvgIpc) is 2.37. The zero-order chi connectivity index (χ0) is 13.5. The number of esters is 1. The first-order valence-corrected chi connectivity index (χ1v) is 5.40. The van der Waals surface area contributed by atoms with Crippen LogP contribution in [0, 0.1) is 5.82 Å². The Kier molecular flexibility index (Phi) is 5.26. The van der Waals surface area contributed by atoms with E-state index in [9.17, 15) is 14.0 Å². The monoisotopic (exact) mass is 254 g/mol. The van der Waals surface area contributed by atoms with Gasteiger partial charge in [-0.2, -0.15) is 0 Å². The second kappa shape index (κ2) is 6.70. The summed E-state index contributed by atoms with van der Waals surface area (Å²) >= 11 is 0. The van der Waals surface area contributed by atoms with E-state index in [-0.39, 0.29) is 11.5 Å². The van der Waals surface area contributed by atoms with Gasteiger partial charge in [-0.05, 0) is 25.2 Å². The molecule has 18 heavy (non-hydrogen) atoms. The van der Waals surface area contributed by atoms with Crippen LogP contribution in [0.25, 0.3) is 0 Å². The van der Waals surface area contributed by atoms with E-state index >= 15 is 0 Å². The number of carbonyl (C=O) groups excluding carboxylic acids is 2. The Bertz CT molecular complexity index is 449. The van der Waals surface area contributed by atoms with Gasteiger partial charge >= 0.3 is 5.97 Å². The summed E-state index contributed by atoms with van der Waals surface area (Å²) < 4.78 is 17.8. The molecule has 0 spiro atoms. The molecule has 0 fully saturated rings. The van der Waals surface area contributed by atoms with Gasteiger partial charge in [0.05, 0.1) is 12.7 Å². The van der Waals surface area contributed by atoms with Gasteiger partial charge in [0, 0.05) is 18.7 Å². The molecule has 5 nitrogen and oxygen atoms in total. The lowest BCUT2D eigenvalue weighted by Crippen LogP contribution is -2.19. The molecule has 0 atom stereocenters. The molecule has 2 N–H and O–H groups in total. The number of anilines is 1. The van der Waals surface area contributed by atoms with E-state index in [2.05, 4.69) is 15.4 Å². The summed E-state index contributed by atoms with van der Waals surface area (Å²) in [6.07, 6.45) is 0.293. The molecule has 0 saturated carbocycles. The van der Waals surface area contributed by atoms with Gasteiger partial charge < -0.3 is 15.4 Å². The summed E-state index contributed by atoms with van der Waals surface area (Å²) in [5.41, 5.74) is 0.154. The molecule has 0 bridgehead atoms. The van der Waals surface area contributed by atoms with E-state index in [0.29, 0.717) is 18.7 Å². The summed E-state index contributed by atoms with van der Waals surface area (Å²) in [7, 11) is 2.90. The highest BCUT2D eigenvalue weighted by Gasteiger charge is 2.13. The van der Waals surface area contributed by atoms with E-state index in [1.165, 1.54) is 19.2 Å². The fourth-order valence-electron chi connectivity index (χ4n) is 1.33. The Hall–Kier alpha value is -1.95. The molecule has 1 aromatic carbocycles. The van der Waals surface area contributed by atoms with Gasteiger partial charge in [-0.3, -0.25) is 4.79 Å². The molecular formula is C12H15FN2O3. The SMILES string of the molecule is CNCCC(=O)Nc1ccc(F)c(C(=O)OC)c1. The summed E-state index contributed by atoms with van der Waals surface area (Å²) in [5.74, 6) is -1.68. The number of nitrogens with one attached hydrogen (secondary N) is 2. The lowest BCUT2D eigenvalue weighted by molar-refractivity contribution is -0.116. The third-order valence-electron chi connectivity index (χ3n) is 2.26. The standard InChI is InChI=1S/C12H15FN2O3/c1-14-6-5-11(16)15-8-3-4-10(13)9(7-8)12(17)18-2/h3-4,7,14H,5-6H2,1-2H3,(H,15,16). The van der Waals surface area contributed by atoms with Gasteiger partial charge in [-0.25, -0.2) is 9.18 Å². The smallest absolute Gasteiger partial charge is 0.340 e. The van der Waals surface area contributed by atoms with Crippen LogP contribution in [0.15, 0.2) is 18.2 Å². The predicted molar refractivity (Wildman–Crippen MR) is 64.9 cm³/mol. The Balaban J connectivity index is 2.79. The second-order valence-corrected chi connectivity index (χ2v) is 3.59. The maximum absolute atomic E-state index is 13.3. The third-order valence-corrected chi connectivity index (χ3v) is 2.26. The zero-order valence-corrected chi connectivity index (χ0v) is 10.2. The van der Waals surface area contributed by atoms with Crippen molar-refractivity contribution in [3.63, 3.8) is 0 Å². The minimum atomic E-state index is -0.779. The maximum atomic E-state index is 13.3. The molecule has 0 heterocycles. The normalized spacial score (nSPS) is 9.94. The van der Waals surface area contributed by atoms with E-state index in [4.69, 9.17) is 0 Å². The molecule has 0 radical (unpaired) electrons. The van der Waals surface area contributed by atoms with Crippen molar-refractivity contribution in [1.29, 1.82) is 0 Å². The molecule has 0 aliphatic heterocycles. The Labute approximate surface area is 104 Å². The number of hydrogen-bond donors (Lipinski definition) is 2. The van der Waals surface area contributed by atoms with Crippen LogP contribution in [0.1, 0.15) is 16.8 Å². The number of amides is 1. The Morgan fingerprint density at radius 2 is 2.11 bits per heavy atom.